The number of rotatable bonds is 2. The summed E-state index contributed by atoms with van der Waals surface area (Å²) in [4.78, 5) is 19.5. The third-order valence-corrected chi connectivity index (χ3v) is 2.38. The molecule has 0 aliphatic carbocycles. The SMILES string of the molecule is O=C(c1cc(F)cc(Br)c1)c1cnccn1. The molecule has 0 amide bonds. The van der Waals surface area contributed by atoms with Crippen LogP contribution in [-0.4, -0.2) is 15.8 Å². The minimum absolute atomic E-state index is 0.194. The summed E-state index contributed by atoms with van der Waals surface area (Å²) >= 11 is 3.13. The number of hydrogen-bond donors (Lipinski definition) is 0. The Morgan fingerprint density at radius 2 is 2.06 bits per heavy atom. The Labute approximate surface area is 99.5 Å². The normalized spacial score (nSPS) is 10.1. The number of benzene rings is 1. The van der Waals surface area contributed by atoms with Crippen molar-refractivity contribution in [2.45, 2.75) is 0 Å². The van der Waals surface area contributed by atoms with Crippen molar-refractivity contribution in [3.05, 3.63) is 58.3 Å². The molecule has 0 spiro atoms. The van der Waals surface area contributed by atoms with Gasteiger partial charge in [0.2, 0.25) is 5.78 Å². The van der Waals surface area contributed by atoms with Crippen molar-refractivity contribution in [2.75, 3.05) is 0 Å². The average molecular weight is 281 g/mol. The second-order valence-electron chi connectivity index (χ2n) is 3.08. The molecule has 2 aromatic rings. The van der Waals surface area contributed by atoms with E-state index in [1.165, 1.54) is 30.7 Å². The molecule has 0 atom stereocenters. The molecule has 5 heteroatoms. The first-order valence-corrected chi connectivity index (χ1v) is 5.23. The maximum Gasteiger partial charge on any atom is 0.213 e. The Hall–Kier alpha value is -1.62. The summed E-state index contributed by atoms with van der Waals surface area (Å²) in [6, 6.07) is 4.00. The molecule has 0 saturated carbocycles. The van der Waals surface area contributed by atoms with Crippen LogP contribution < -0.4 is 0 Å². The lowest BCUT2D eigenvalue weighted by atomic mass is 10.1. The molecule has 0 unspecified atom stereocenters. The predicted octanol–water partition coefficient (Wildman–Crippen LogP) is 2.61. The predicted molar refractivity (Wildman–Crippen MR) is 59.6 cm³/mol. The van der Waals surface area contributed by atoms with E-state index < -0.39 is 5.82 Å². The molecule has 0 radical (unpaired) electrons. The van der Waals surface area contributed by atoms with Crippen LogP contribution in [-0.2, 0) is 0 Å². The summed E-state index contributed by atoms with van der Waals surface area (Å²) in [6.45, 7) is 0. The van der Waals surface area contributed by atoms with Crippen LogP contribution in [0.3, 0.4) is 0 Å². The molecule has 1 aromatic heterocycles. The van der Waals surface area contributed by atoms with Crippen molar-refractivity contribution < 1.29 is 9.18 Å². The van der Waals surface area contributed by atoms with Gasteiger partial charge in [0.1, 0.15) is 11.5 Å². The Balaban J connectivity index is 2.42. The molecule has 0 fully saturated rings. The molecule has 3 nitrogen and oxygen atoms in total. The van der Waals surface area contributed by atoms with Crippen LogP contribution in [0.2, 0.25) is 0 Å². The van der Waals surface area contributed by atoms with E-state index in [1.807, 2.05) is 0 Å². The highest BCUT2D eigenvalue weighted by molar-refractivity contribution is 9.10. The van der Waals surface area contributed by atoms with Gasteiger partial charge in [0, 0.05) is 22.4 Å². The lowest BCUT2D eigenvalue weighted by molar-refractivity contribution is 0.103. The summed E-state index contributed by atoms with van der Waals surface area (Å²) in [5.41, 5.74) is 0.437. The van der Waals surface area contributed by atoms with E-state index in [1.54, 1.807) is 6.07 Å². The van der Waals surface area contributed by atoms with Gasteiger partial charge in [0.25, 0.3) is 0 Å². The fourth-order valence-electron chi connectivity index (χ4n) is 1.25. The first-order chi connectivity index (χ1) is 7.66. The minimum atomic E-state index is -0.471. The number of halogens is 2. The van der Waals surface area contributed by atoms with E-state index in [4.69, 9.17) is 0 Å². The van der Waals surface area contributed by atoms with Crippen molar-refractivity contribution >= 4 is 21.7 Å². The fraction of sp³-hybridized carbons (Fsp3) is 0. The lowest BCUT2D eigenvalue weighted by Gasteiger charge is -2.00. The topological polar surface area (TPSA) is 42.9 Å². The van der Waals surface area contributed by atoms with Gasteiger partial charge in [0.05, 0.1) is 6.20 Å². The van der Waals surface area contributed by atoms with E-state index in [-0.39, 0.29) is 17.0 Å². The molecule has 0 saturated heterocycles. The number of hydrogen-bond acceptors (Lipinski definition) is 3. The quantitative estimate of drug-likeness (QED) is 0.795. The molecule has 0 N–H and O–H groups in total. The molecule has 16 heavy (non-hydrogen) atoms. The van der Waals surface area contributed by atoms with Gasteiger partial charge in [-0.2, -0.15) is 0 Å². The van der Waals surface area contributed by atoms with Crippen LogP contribution in [0.15, 0.2) is 41.3 Å². The zero-order valence-corrected chi connectivity index (χ0v) is 9.61. The average Bonchev–Trinajstić information content (AvgIpc) is 2.28. The third kappa shape index (κ3) is 2.30. The van der Waals surface area contributed by atoms with Gasteiger partial charge in [0.15, 0.2) is 0 Å². The van der Waals surface area contributed by atoms with Crippen LogP contribution in [0.1, 0.15) is 16.1 Å². The standard InChI is InChI=1S/C11H6BrFN2O/c12-8-3-7(4-9(13)5-8)11(16)10-6-14-1-2-15-10/h1-6H. The maximum absolute atomic E-state index is 13.1. The number of carbonyl (C=O) groups is 1. The second kappa shape index (κ2) is 4.49. The number of aromatic nitrogens is 2. The zero-order chi connectivity index (χ0) is 11.5. The summed E-state index contributed by atoms with van der Waals surface area (Å²) in [5, 5.41) is 0. The van der Waals surface area contributed by atoms with Crippen molar-refractivity contribution in [3.63, 3.8) is 0 Å². The van der Waals surface area contributed by atoms with Crippen molar-refractivity contribution in [2.24, 2.45) is 0 Å². The molecular weight excluding hydrogens is 275 g/mol. The van der Waals surface area contributed by atoms with E-state index in [0.717, 1.165) is 0 Å². The smallest absolute Gasteiger partial charge is 0.213 e. The minimum Gasteiger partial charge on any atom is -0.287 e. The van der Waals surface area contributed by atoms with Gasteiger partial charge in [-0.05, 0) is 18.2 Å². The molecule has 1 heterocycles. The molecule has 0 bridgehead atoms. The van der Waals surface area contributed by atoms with Gasteiger partial charge in [-0.3, -0.25) is 9.78 Å². The van der Waals surface area contributed by atoms with Crippen molar-refractivity contribution in [1.82, 2.24) is 9.97 Å². The van der Waals surface area contributed by atoms with Gasteiger partial charge < -0.3 is 0 Å². The molecule has 2 rings (SSSR count). The van der Waals surface area contributed by atoms with E-state index >= 15 is 0 Å². The number of nitrogens with zero attached hydrogens (tertiary/aromatic N) is 2. The Bertz CT molecular complexity index is 511. The maximum atomic E-state index is 13.1. The monoisotopic (exact) mass is 280 g/mol. The largest absolute Gasteiger partial charge is 0.287 e. The number of ketones is 1. The third-order valence-electron chi connectivity index (χ3n) is 1.92. The molecule has 0 aliphatic heterocycles. The van der Waals surface area contributed by atoms with Gasteiger partial charge >= 0.3 is 0 Å². The molecular formula is C11H6BrFN2O. The molecule has 1 aromatic carbocycles. The highest BCUT2D eigenvalue weighted by Gasteiger charge is 2.12. The Morgan fingerprint density at radius 1 is 1.25 bits per heavy atom. The fourth-order valence-corrected chi connectivity index (χ4v) is 1.71. The molecule has 0 aliphatic rings. The first kappa shape index (κ1) is 10.9. The second-order valence-corrected chi connectivity index (χ2v) is 3.99. The lowest BCUT2D eigenvalue weighted by Crippen LogP contribution is -2.04. The van der Waals surface area contributed by atoms with E-state index in [2.05, 4.69) is 25.9 Å². The molecule has 80 valence electrons. The van der Waals surface area contributed by atoms with Gasteiger partial charge in [-0.25, -0.2) is 9.37 Å². The van der Waals surface area contributed by atoms with Crippen LogP contribution in [0.25, 0.3) is 0 Å². The van der Waals surface area contributed by atoms with Crippen LogP contribution in [0, 0.1) is 5.82 Å². The van der Waals surface area contributed by atoms with Crippen LogP contribution in [0.5, 0.6) is 0 Å². The Kier molecular flexibility index (Phi) is 3.05. The van der Waals surface area contributed by atoms with E-state index in [9.17, 15) is 9.18 Å². The summed E-state index contributed by atoms with van der Waals surface area (Å²) in [6.07, 6.45) is 4.24. The van der Waals surface area contributed by atoms with Gasteiger partial charge in [-0.15, -0.1) is 0 Å². The van der Waals surface area contributed by atoms with Crippen molar-refractivity contribution in [3.8, 4) is 0 Å². The highest BCUT2D eigenvalue weighted by Crippen LogP contribution is 2.16. The summed E-state index contributed by atoms with van der Waals surface area (Å²) in [5.74, 6) is -0.824. The highest BCUT2D eigenvalue weighted by atomic mass is 79.9. The number of carbonyl (C=O) groups excluding carboxylic acids is 1. The zero-order valence-electron chi connectivity index (χ0n) is 8.02. The first-order valence-electron chi connectivity index (χ1n) is 4.43. The van der Waals surface area contributed by atoms with E-state index in [0.29, 0.717) is 4.47 Å². The van der Waals surface area contributed by atoms with Crippen LogP contribution in [0.4, 0.5) is 4.39 Å². The van der Waals surface area contributed by atoms with Crippen LogP contribution >= 0.6 is 15.9 Å². The summed E-state index contributed by atoms with van der Waals surface area (Å²) in [7, 11) is 0. The van der Waals surface area contributed by atoms with Gasteiger partial charge in [-0.1, -0.05) is 15.9 Å². The Morgan fingerprint density at radius 3 is 2.69 bits per heavy atom. The summed E-state index contributed by atoms with van der Waals surface area (Å²) < 4.78 is 13.6. The van der Waals surface area contributed by atoms with Crippen molar-refractivity contribution in [1.29, 1.82) is 0 Å².